The van der Waals surface area contributed by atoms with E-state index >= 15 is 4.39 Å². The molecule has 2 aromatic rings. The Morgan fingerprint density at radius 2 is 1.95 bits per heavy atom. The van der Waals surface area contributed by atoms with Crippen molar-refractivity contribution in [2.24, 2.45) is 5.41 Å². The minimum atomic E-state index is -1.35. The minimum absolute atomic E-state index is 0.0300. The van der Waals surface area contributed by atoms with Crippen molar-refractivity contribution in [2.75, 3.05) is 18.5 Å². The number of fused-ring (bicyclic) bond motifs is 3. The van der Waals surface area contributed by atoms with E-state index in [9.17, 15) is 19.8 Å². The van der Waals surface area contributed by atoms with E-state index in [2.05, 4.69) is 34.8 Å². The van der Waals surface area contributed by atoms with E-state index in [1.54, 1.807) is 12.1 Å². The van der Waals surface area contributed by atoms with Crippen molar-refractivity contribution in [2.45, 2.75) is 93.5 Å². The van der Waals surface area contributed by atoms with Gasteiger partial charge in [0.2, 0.25) is 11.8 Å². The van der Waals surface area contributed by atoms with E-state index in [1.807, 2.05) is 6.07 Å². The van der Waals surface area contributed by atoms with Crippen LogP contribution >= 0.6 is 23.2 Å². The summed E-state index contributed by atoms with van der Waals surface area (Å²) in [5.74, 6) is -2.43. The van der Waals surface area contributed by atoms with Crippen LogP contribution in [0.3, 0.4) is 0 Å². The number of carbonyl (C=O) groups excluding carboxylic acids is 2. The SMILES string of the molecule is CC1(C)CCC2(CC1)N[C@@H](C(=O)N[C@@H]1CC[C@@H](C(O)CO)OC1)[C@H](c1ccnc(Cl)c1F)[C@]21C(=O)Nc2cc(Cl)ccc21. The number of hydrogen-bond acceptors (Lipinski definition) is 7. The van der Waals surface area contributed by atoms with Crippen LogP contribution < -0.4 is 16.0 Å². The molecule has 2 saturated heterocycles. The Bertz CT molecular complexity index is 1420. The first kappa shape index (κ1) is 30.7. The molecule has 2 amide bonds. The molecule has 1 aliphatic carbocycles. The second-order valence-electron chi connectivity index (χ2n) is 13.2. The smallest absolute Gasteiger partial charge is 0.238 e. The van der Waals surface area contributed by atoms with Gasteiger partial charge in [-0.1, -0.05) is 43.1 Å². The van der Waals surface area contributed by atoms with Crippen LogP contribution in [0, 0.1) is 11.2 Å². The van der Waals surface area contributed by atoms with Crippen LogP contribution in [0.4, 0.5) is 10.1 Å². The van der Waals surface area contributed by atoms with Gasteiger partial charge in [-0.15, -0.1) is 0 Å². The molecule has 12 heteroatoms. The fraction of sp³-hybridized carbons (Fsp3) is 0.581. The van der Waals surface area contributed by atoms with E-state index in [1.165, 1.54) is 12.3 Å². The Hall–Kier alpha value is -2.34. The quantitative estimate of drug-likeness (QED) is 0.316. The maximum absolute atomic E-state index is 16.0. The number of anilines is 1. The Morgan fingerprint density at radius 1 is 1.21 bits per heavy atom. The van der Waals surface area contributed by atoms with Crippen molar-refractivity contribution in [3.05, 3.63) is 57.6 Å². The van der Waals surface area contributed by atoms with Crippen LogP contribution in [0.2, 0.25) is 10.2 Å². The van der Waals surface area contributed by atoms with Crippen molar-refractivity contribution < 1.29 is 28.9 Å². The van der Waals surface area contributed by atoms with Gasteiger partial charge in [-0.25, -0.2) is 9.37 Å². The van der Waals surface area contributed by atoms with Gasteiger partial charge in [0.15, 0.2) is 11.0 Å². The second kappa shape index (κ2) is 11.2. The summed E-state index contributed by atoms with van der Waals surface area (Å²) in [6.45, 7) is 4.12. The summed E-state index contributed by atoms with van der Waals surface area (Å²) in [6.07, 6.45) is 3.61. The van der Waals surface area contributed by atoms with Gasteiger partial charge in [0.05, 0.1) is 31.4 Å². The molecule has 9 nitrogen and oxygen atoms in total. The van der Waals surface area contributed by atoms with Crippen molar-refractivity contribution in [3.63, 3.8) is 0 Å². The molecule has 3 aliphatic heterocycles. The van der Waals surface area contributed by atoms with Crippen LogP contribution in [-0.4, -0.2) is 70.1 Å². The predicted octanol–water partition coefficient (Wildman–Crippen LogP) is 3.83. The zero-order valence-electron chi connectivity index (χ0n) is 24.1. The van der Waals surface area contributed by atoms with Gasteiger partial charge in [-0.3, -0.25) is 14.9 Å². The Morgan fingerprint density at radius 3 is 2.63 bits per heavy atom. The number of pyridine rings is 1. The number of nitrogens with zero attached hydrogens (tertiary/aromatic N) is 1. The molecule has 3 fully saturated rings. The number of aliphatic hydroxyl groups excluding tert-OH is 2. The highest BCUT2D eigenvalue weighted by molar-refractivity contribution is 6.31. The Labute approximate surface area is 259 Å². The van der Waals surface area contributed by atoms with Gasteiger partial charge < -0.3 is 25.6 Å². The van der Waals surface area contributed by atoms with E-state index < -0.39 is 47.5 Å². The lowest BCUT2D eigenvalue weighted by molar-refractivity contribution is -0.127. The number of rotatable bonds is 5. The number of nitrogens with one attached hydrogen (secondary N) is 3. The predicted molar refractivity (Wildman–Crippen MR) is 160 cm³/mol. The first-order valence-electron chi connectivity index (χ1n) is 14.8. The number of amides is 2. The molecule has 0 radical (unpaired) electrons. The lowest BCUT2D eigenvalue weighted by Gasteiger charge is -2.50. The molecule has 43 heavy (non-hydrogen) atoms. The third-order valence-corrected chi connectivity index (χ3v) is 10.7. The zero-order valence-corrected chi connectivity index (χ0v) is 25.6. The summed E-state index contributed by atoms with van der Waals surface area (Å²) in [6, 6.07) is 5.37. The van der Waals surface area contributed by atoms with E-state index in [-0.39, 0.29) is 40.6 Å². The fourth-order valence-electron chi connectivity index (χ4n) is 7.93. The summed E-state index contributed by atoms with van der Waals surface area (Å²) in [7, 11) is 0. The average Bonchev–Trinajstić information content (AvgIpc) is 3.44. The van der Waals surface area contributed by atoms with Gasteiger partial charge in [0, 0.05) is 28.4 Å². The Balaban J connectivity index is 1.46. The third kappa shape index (κ3) is 4.94. The van der Waals surface area contributed by atoms with Crippen molar-refractivity contribution in [1.82, 2.24) is 15.6 Å². The van der Waals surface area contributed by atoms with E-state index in [0.717, 1.165) is 12.8 Å². The summed E-state index contributed by atoms with van der Waals surface area (Å²) in [5.41, 5.74) is -0.843. The molecule has 1 aromatic carbocycles. The summed E-state index contributed by atoms with van der Waals surface area (Å²) in [4.78, 5) is 32.7. The number of halogens is 3. The number of benzene rings is 1. The molecule has 6 rings (SSSR count). The highest BCUT2D eigenvalue weighted by Crippen LogP contribution is 2.64. The molecule has 2 spiro atoms. The number of hydrogen-bond donors (Lipinski definition) is 5. The minimum Gasteiger partial charge on any atom is -0.394 e. The standard InChI is InChI=1S/C31H37Cl2FN4O5/c1-29(2)8-10-30(11-9-29)31(19-5-3-16(32)13-20(19)37-28(31)42)23(18-7-12-35-26(33)24(18)34)25(38-30)27(41)36-17-4-6-22(43-15-17)21(40)14-39/h3,5,7,12-13,17,21-23,25,38-40H,4,6,8-11,14-15H2,1-2H3,(H,36,41)(H,37,42)/t17-,21?,22+,23+,25-,31-/m1/s1. The van der Waals surface area contributed by atoms with Crippen molar-refractivity contribution >= 4 is 40.7 Å². The second-order valence-corrected chi connectivity index (χ2v) is 14.0. The molecule has 4 heterocycles. The van der Waals surface area contributed by atoms with Gasteiger partial charge in [-0.2, -0.15) is 0 Å². The summed E-state index contributed by atoms with van der Waals surface area (Å²) in [5, 5.41) is 29.1. The molecule has 1 saturated carbocycles. The number of aromatic nitrogens is 1. The number of aliphatic hydroxyl groups is 2. The summed E-state index contributed by atoms with van der Waals surface area (Å²) < 4.78 is 21.8. The molecule has 4 aliphatic rings. The van der Waals surface area contributed by atoms with Crippen LogP contribution in [0.25, 0.3) is 0 Å². The maximum Gasteiger partial charge on any atom is 0.238 e. The van der Waals surface area contributed by atoms with Crippen LogP contribution in [-0.2, 0) is 19.7 Å². The topological polar surface area (TPSA) is 133 Å². The molecular formula is C31H37Cl2FN4O5. The number of ether oxygens (including phenoxy) is 1. The first-order valence-corrected chi connectivity index (χ1v) is 15.6. The molecule has 6 atom stereocenters. The fourth-order valence-corrected chi connectivity index (χ4v) is 8.26. The molecular weight excluding hydrogens is 598 g/mol. The molecule has 232 valence electrons. The van der Waals surface area contributed by atoms with Gasteiger partial charge in [0.1, 0.15) is 11.5 Å². The monoisotopic (exact) mass is 634 g/mol. The van der Waals surface area contributed by atoms with Crippen LogP contribution in [0.1, 0.15) is 69.4 Å². The number of carbonyl (C=O) groups is 2. The van der Waals surface area contributed by atoms with Crippen molar-refractivity contribution in [1.29, 1.82) is 0 Å². The van der Waals surface area contributed by atoms with Gasteiger partial charge >= 0.3 is 0 Å². The molecule has 5 N–H and O–H groups in total. The Kier molecular flexibility index (Phi) is 8.01. The van der Waals surface area contributed by atoms with Crippen LogP contribution in [0.5, 0.6) is 0 Å². The van der Waals surface area contributed by atoms with Gasteiger partial charge in [0.25, 0.3) is 0 Å². The van der Waals surface area contributed by atoms with E-state index in [0.29, 0.717) is 42.0 Å². The van der Waals surface area contributed by atoms with E-state index in [4.69, 9.17) is 27.9 Å². The highest BCUT2D eigenvalue weighted by atomic mass is 35.5. The highest BCUT2D eigenvalue weighted by Gasteiger charge is 2.73. The van der Waals surface area contributed by atoms with Crippen molar-refractivity contribution in [3.8, 4) is 0 Å². The lowest BCUT2D eigenvalue weighted by Crippen LogP contribution is -2.61. The third-order valence-electron chi connectivity index (χ3n) is 10.2. The molecule has 0 bridgehead atoms. The lowest BCUT2D eigenvalue weighted by atomic mass is 9.53. The largest absolute Gasteiger partial charge is 0.394 e. The molecule has 1 aromatic heterocycles. The average molecular weight is 636 g/mol. The van der Waals surface area contributed by atoms with Gasteiger partial charge in [-0.05, 0) is 73.3 Å². The maximum atomic E-state index is 16.0. The van der Waals surface area contributed by atoms with Crippen LogP contribution in [0.15, 0.2) is 30.5 Å². The first-order chi connectivity index (χ1) is 20.4. The normalized spacial score (nSPS) is 31.6. The molecule has 1 unspecified atom stereocenters. The summed E-state index contributed by atoms with van der Waals surface area (Å²) >= 11 is 12.6. The zero-order chi connectivity index (χ0) is 30.7.